The van der Waals surface area contributed by atoms with Crippen LogP contribution in [-0.4, -0.2) is 41.4 Å². The molecule has 2 unspecified atom stereocenters. The van der Waals surface area contributed by atoms with Gasteiger partial charge in [-0.15, -0.1) is 0 Å². The van der Waals surface area contributed by atoms with E-state index >= 15 is 0 Å². The van der Waals surface area contributed by atoms with E-state index in [0.29, 0.717) is 47.1 Å². The molecule has 0 aromatic heterocycles. The number of esters is 1. The van der Waals surface area contributed by atoms with Gasteiger partial charge in [0.1, 0.15) is 6.04 Å². The van der Waals surface area contributed by atoms with Crippen molar-refractivity contribution in [1.82, 2.24) is 4.90 Å². The number of benzene rings is 2. The van der Waals surface area contributed by atoms with Crippen LogP contribution >= 0.6 is 23.2 Å². The molecule has 2 aliphatic rings. The van der Waals surface area contributed by atoms with Gasteiger partial charge in [-0.3, -0.25) is 9.59 Å². The van der Waals surface area contributed by atoms with Crippen LogP contribution in [0.4, 0.5) is 5.69 Å². The molecule has 2 aromatic rings. The third-order valence-electron chi connectivity index (χ3n) is 5.14. The monoisotopic (exact) mass is 432 g/mol. The van der Waals surface area contributed by atoms with Crippen molar-refractivity contribution >= 4 is 46.7 Å². The van der Waals surface area contributed by atoms with Crippen LogP contribution in [0.15, 0.2) is 42.5 Å². The number of rotatable bonds is 3. The molecular weight excluding hydrogens is 415 g/mol. The van der Waals surface area contributed by atoms with Gasteiger partial charge in [0.05, 0.1) is 5.56 Å². The van der Waals surface area contributed by atoms with E-state index in [4.69, 9.17) is 27.9 Å². The molecule has 0 bridgehead atoms. The summed E-state index contributed by atoms with van der Waals surface area (Å²) >= 11 is 12.0. The normalized spacial score (nSPS) is 20.8. The summed E-state index contributed by atoms with van der Waals surface area (Å²) in [5, 5.41) is 3.57. The Kier molecular flexibility index (Phi) is 5.48. The molecular formula is C21H18Cl2N2O4. The van der Waals surface area contributed by atoms with Gasteiger partial charge in [0.2, 0.25) is 5.91 Å². The SMILES string of the molecule is O=C1OC(C(=O)N2CCCC2C(=O)Nc2cc(Cl)cc(Cl)c2)Cc2ccccc21. The number of nitrogens with zero attached hydrogens (tertiary/aromatic N) is 1. The zero-order chi connectivity index (χ0) is 20.5. The molecule has 150 valence electrons. The fourth-order valence-corrected chi connectivity index (χ4v) is 4.33. The first-order valence-electron chi connectivity index (χ1n) is 9.28. The van der Waals surface area contributed by atoms with Gasteiger partial charge in [-0.05, 0) is 42.7 Å². The fourth-order valence-electron chi connectivity index (χ4n) is 3.81. The third kappa shape index (κ3) is 4.09. The molecule has 2 amide bonds. The lowest BCUT2D eigenvalue weighted by molar-refractivity contribution is -0.144. The van der Waals surface area contributed by atoms with E-state index in [1.54, 1.807) is 30.3 Å². The second-order valence-electron chi connectivity index (χ2n) is 7.09. The van der Waals surface area contributed by atoms with Crippen LogP contribution in [0.1, 0.15) is 28.8 Å². The highest BCUT2D eigenvalue weighted by atomic mass is 35.5. The number of amides is 2. The minimum Gasteiger partial charge on any atom is -0.448 e. The van der Waals surface area contributed by atoms with Crippen molar-refractivity contribution in [3.05, 3.63) is 63.6 Å². The predicted octanol–water partition coefficient (Wildman–Crippen LogP) is 3.70. The summed E-state index contributed by atoms with van der Waals surface area (Å²) in [4.78, 5) is 39.6. The molecule has 0 aliphatic carbocycles. The van der Waals surface area contributed by atoms with Crippen molar-refractivity contribution in [2.24, 2.45) is 0 Å². The molecule has 4 rings (SSSR count). The first-order valence-corrected chi connectivity index (χ1v) is 10.0. The van der Waals surface area contributed by atoms with Crippen molar-refractivity contribution in [3.8, 4) is 0 Å². The van der Waals surface area contributed by atoms with Crippen LogP contribution in [0.2, 0.25) is 10.0 Å². The highest BCUT2D eigenvalue weighted by Crippen LogP contribution is 2.27. The van der Waals surface area contributed by atoms with Gasteiger partial charge in [-0.25, -0.2) is 4.79 Å². The topological polar surface area (TPSA) is 75.7 Å². The first kappa shape index (κ1) is 19.7. The number of hydrogen-bond acceptors (Lipinski definition) is 4. The Bertz CT molecular complexity index is 974. The summed E-state index contributed by atoms with van der Waals surface area (Å²) in [7, 11) is 0. The third-order valence-corrected chi connectivity index (χ3v) is 5.57. The lowest BCUT2D eigenvalue weighted by Crippen LogP contribution is -2.49. The highest BCUT2D eigenvalue weighted by Gasteiger charge is 2.40. The van der Waals surface area contributed by atoms with E-state index in [1.165, 1.54) is 4.90 Å². The quantitative estimate of drug-likeness (QED) is 0.750. The Morgan fingerprint density at radius 2 is 1.83 bits per heavy atom. The summed E-state index contributed by atoms with van der Waals surface area (Å²) in [5.41, 5.74) is 1.71. The molecule has 6 nitrogen and oxygen atoms in total. The zero-order valence-electron chi connectivity index (χ0n) is 15.4. The number of carbonyl (C=O) groups is 3. The Labute approximate surface area is 177 Å². The largest absolute Gasteiger partial charge is 0.448 e. The molecule has 2 aliphatic heterocycles. The van der Waals surface area contributed by atoms with Crippen molar-refractivity contribution in [3.63, 3.8) is 0 Å². The van der Waals surface area contributed by atoms with E-state index < -0.39 is 18.1 Å². The smallest absolute Gasteiger partial charge is 0.339 e. The molecule has 2 atom stereocenters. The number of anilines is 1. The Balaban J connectivity index is 1.48. The number of hydrogen-bond donors (Lipinski definition) is 1. The highest BCUT2D eigenvalue weighted by molar-refractivity contribution is 6.35. The fraction of sp³-hybridized carbons (Fsp3) is 0.286. The summed E-state index contributed by atoms with van der Waals surface area (Å²) < 4.78 is 5.37. The standard InChI is InChI=1S/C21H18Cl2N2O4/c22-13-9-14(23)11-15(10-13)24-19(26)17-6-3-7-25(17)20(27)18-8-12-4-1-2-5-16(12)21(28)29-18/h1-2,4-5,9-11,17-18H,3,6-8H2,(H,24,26). The summed E-state index contributed by atoms with van der Waals surface area (Å²) in [6.45, 7) is 0.433. The van der Waals surface area contributed by atoms with Crippen molar-refractivity contribution in [1.29, 1.82) is 0 Å². The average Bonchev–Trinajstić information content (AvgIpc) is 3.16. The number of cyclic esters (lactones) is 1. The van der Waals surface area contributed by atoms with E-state index in [-0.39, 0.29) is 11.8 Å². The first-order chi connectivity index (χ1) is 13.9. The second-order valence-corrected chi connectivity index (χ2v) is 7.97. The maximum Gasteiger partial charge on any atom is 0.339 e. The van der Waals surface area contributed by atoms with E-state index in [2.05, 4.69) is 5.32 Å². The molecule has 0 radical (unpaired) electrons. The van der Waals surface area contributed by atoms with Crippen LogP contribution in [0.3, 0.4) is 0 Å². The molecule has 2 heterocycles. The lowest BCUT2D eigenvalue weighted by Gasteiger charge is -2.30. The van der Waals surface area contributed by atoms with Crippen LogP contribution in [0.25, 0.3) is 0 Å². The zero-order valence-corrected chi connectivity index (χ0v) is 16.9. The van der Waals surface area contributed by atoms with Gasteiger partial charge in [0.25, 0.3) is 5.91 Å². The Morgan fingerprint density at radius 1 is 1.10 bits per heavy atom. The lowest BCUT2D eigenvalue weighted by atomic mass is 9.98. The minimum absolute atomic E-state index is 0.301. The number of nitrogens with one attached hydrogen (secondary N) is 1. The van der Waals surface area contributed by atoms with Gasteiger partial charge < -0.3 is 15.0 Å². The maximum absolute atomic E-state index is 13.1. The van der Waals surface area contributed by atoms with Gasteiger partial charge in [0.15, 0.2) is 6.10 Å². The molecule has 1 fully saturated rings. The van der Waals surface area contributed by atoms with E-state index in [9.17, 15) is 14.4 Å². The van der Waals surface area contributed by atoms with Crippen molar-refractivity contribution in [2.45, 2.75) is 31.4 Å². The molecule has 2 aromatic carbocycles. The Hall–Kier alpha value is -2.57. The average molecular weight is 433 g/mol. The van der Waals surface area contributed by atoms with Gasteiger partial charge in [-0.1, -0.05) is 41.4 Å². The predicted molar refractivity (Wildman–Crippen MR) is 109 cm³/mol. The van der Waals surface area contributed by atoms with Crippen LogP contribution in [-0.2, 0) is 20.7 Å². The van der Waals surface area contributed by atoms with Gasteiger partial charge in [-0.2, -0.15) is 0 Å². The maximum atomic E-state index is 13.1. The number of halogens is 2. The molecule has 8 heteroatoms. The van der Waals surface area contributed by atoms with Gasteiger partial charge >= 0.3 is 5.97 Å². The van der Waals surface area contributed by atoms with Gasteiger partial charge in [0, 0.05) is 28.7 Å². The summed E-state index contributed by atoms with van der Waals surface area (Å²) in [6, 6.07) is 11.2. The number of likely N-dealkylation sites (tertiary alicyclic amines) is 1. The van der Waals surface area contributed by atoms with E-state index in [0.717, 1.165) is 5.56 Å². The van der Waals surface area contributed by atoms with Crippen molar-refractivity contribution < 1.29 is 19.1 Å². The molecule has 0 spiro atoms. The van der Waals surface area contributed by atoms with Crippen LogP contribution in [0.5, 0.6) is 0 Å². The summed E-state index contributed by atoms with van der Waals surface area (Å²) in [5.74, 6) is -1.19. The molecule has 0 saturated carbocycles. The van der Waals surface area contributed by atoms with E-state index in [1.807, 2.05) is 12.1 Å². The molecule has 29 heavy (non-hydrogen) atoms. The second kappa shape index (κ2) is 8.05. The number of carbonyl (C=O) groups excluding carboxylic acids is 3. The minimum atomic E-state index is -0.925. The van der Waals surface area contributed by atoms with Crippen LogP contribution < -0.4 is 5.32 Å². The number of ether oxygens (including phenoxy) is 1. The molecule has 1 N–H and O–H groups in total. The summed E-state index contributed by atoms with van der Waals surface area (Å²) in [6.07, 6.45) is 0.599. The van der Waals surface area contributed by atoms with Crippen molar-refractivity contribution in [2.75, 3.05) is 11.9 Å². The van der Waals surface area contributed by atoms with Crippen LogP contribution in [0, 0.1) is 0 Å². The number of fused-ring (bicyclic) bond motifs is 1. The Morgan fingerprint density at radius 3 is 2.59 bits per heavy atom. The molecule has 1 saturated heterocycles.